The van der Waals surface area contributed by atoms with Gasteiger partial charge in [0.15, 0.2) is 16.8 Å². The Morgan fingerprint density at radius 2 is 1.64 bits per heavy atom. The maximum atomic E-state index is 12.8. The maximum absolute atomic E-state index is 12.8. The number of ketones is 1. The molecule has 0 aliphatic heterocycles. The lowest BCUT2D eigenvalue weighted by atomic mass is 10.0. The summed E-state index contributed by atoms with van der Waals surface area (Å²) in [6.07, 6.45) is 0.257. The molecule has 1 N–H and O–H groups in total. The zero-order valence-electron chi connectivity index (χ0n) is 17.9. The van der Waals surface area contributed by atoms with Gasteiger partial charge in [-0.25, -0.2) is 0 Å². The van der Waals surface area contributed by atoms with E-state index in [9.17, 15) is 9.59 Å². The van der Waals surface area contributed by atoms with Crippen LogP contribution < -0.4 is 5.32 Å². The van der Waals surface area contributed by atoms with Crippen LogP contribution in [0, 0.1) is 0 Å². The highest BCUT2D eigenvalue weighted by Gasteiger charge is 2.16. The van der Waals surface area contributed by atoms with Crippen molar-refractivity contribution in [3.8, 4) is 11.4 Å². The van der Waals surface area contributed by atoms with Gasteiger partial charge in [-0.15, -0.1) is 10.2 Å². The average molecular weight is 477 g/mol. The Bertz CT molecular complexity index is 1290. The van der Waals surface area contributed by atoms with Crippen LogP contribution in [0.5, 0.6) is 0 Å². The van der Waals surface area contributed by atoms with E-state index in [1.54, 1.807) is 36.4 Å². The number of amides is 1. The maximum Gasteiger partial charge on any atom is 0.225 e. The predicted octanol–water partition coefficient (Wildman–Crippen LogP) is 5.49. The number of carbonyl (C=O) groups is 2. The van der Waals surface area contributed by atoms with Crippen molar-refractivity contribution in [1.82, 2.24) is 14.8 Å². The van der Waals surface area contributed by atoms with Crippen LogP contribution in [0.1, 0.15) is 22.3 Å². The lowest BCUT2D eigenvalue weighted by molar-refractivity contribution is -0.115. The molecule has 0 aliphatic carbocycles. The van der Waals surface area contributed by atoms with Gasteiger partial charge >= 0.3 is 0 Å². The second-order valence-electron chi connectivity index (χ2n) is 7.23. The summed E-state index contributed by atoms with van der Waals surface area (Å²) in [5, 5.41) is 12.6. The van der Waals surface area contributed by atoms with Crippen LogP contribution in [0.25, 0.3) is 11.4 Å². The van der Waals surface area contributed by atoms with E-state index < -0.39 is 0 Å². The fourth-order valence-corrected chi connectivity index (χ4v) is 4.37. The number of para-hydroxylation sites is 1. The van der Waals surface area contributed by atoms with E-state index in [-0.39, 0.29) is 18.1 Å². The fourth-order valence-electron chi connectivity index (χ4n) is 3.30. The molecule has 0 bridgehead atoms. The van der Waals surface area contributed by atoms with E-state index in [4.69, 9.17) is 11.6 Å². The van der Waals surface area contributed by atoms with E-state index in [2.05, 4.69) is 15.5 Å². The third-order valence-corrected chi connectivity index (χ3v) is 6.34. The summed E-state index contributed by atoms with van der Waals surface area (Å²) < 4.78 is 1.86. The van der Waals surface area contributed by atoms with Crippen LogP contribution in [0.2, 0.25) is 5.02 Å². The van der Waals surface area contributed by atoms with Crippen molar-refractivity contribution in [3.63, 3.8) is 0 Å². The lowest BCUT2D eigenvalue weighted by Gasteiger charge is -2.10. The number of thioether (sulfide) groups is 1. The number of nitrogens with one attached hydrogen (secondary N) is 1. The first kappa shape index (κ1) is 22.8. The predicted molar refractivity (Wildman–Crippen MR) is 132 cm³/mol. The Morgan fingerprint density at radius 3 is 2.42 bits per heavy atom. The summed E-state index contributed by atoms with van der Waals surface area (Å²) in [6, 6.07) is 23.5. The quantitative estimate of drug-likeness (QED) is 0.269. The molecule has 8 heteroatoms. The smallest absolute Gasteiger partial charge is 0.225 e. The Morgan fingerprint density at radius 1 is 0.939 bits per heavy atom. The standard InChI is InChI=1S/C25H21ClN4O2S/c1-30-24(18-11-5-7-13-20(18)26)28-29-25(30)33-16-15-22(31)27-21-14-8-6-12-19(21)23(32)17-9-3-2-4-10-17/h2-14H,15-16H2,1H3,(H,27,31). The van der Waals surface area contributed by atoms with E-state index >= 15 is 0 Å². The van der Waals surface area contributed by atoms with Crippen molar-refractivity contribution < 1.29 is 9.59 Å². The highest BCUT2D eigenvalue weighted by atomic mass is 35.5. The molecule has 4 rings (SSSR count). The zero-order chi connectivity index (χ0) is 23.2. The molecule has 0 saturated heterocycles. The molecule has 0 unspecified atom stereocenters. The SMILES string of the molecule is Cn1c(SCCC(=O)Nc2ccccc2C(=O)c2ccccc2)nnc1-c1ccccc1Cl. The van der Waals surface area contributed by atoms with Crippen LogP contribution in [-0.2, 0) is 11.8 Å². The number of hydrogen-bond acceptors (Lipinski definition) is 5. The molecule has 0 aliphatic rings. The van der Waals surface area contributed by atoms with Crippen molar-refractivity contribution >= 4 is 40.7 Å². The van der Waals surface area contributed by atoms with E-state index in [0.29, 0.717) is 38.6 Å². The molecule has 1 aromatic heterocycles. The van der Waals surface area contributed by atoms with Gasteiger partial charge in [0.2, 0.25) is 5.91 Å². The Kier molecular flexibility index (Phi) is 7.22. The molecule has 3 aromatic carbocycles. The van der Waals surface area contributed by atoms with Gasteiger partial charge in [-0.2, -0.15) is 0 Å². The number of halogens is 1. The first-order chi connectivity index (χ1) is 16.0. The van der Waals surface area contributed by atoms with Crippen molar-refractivity contribution in [1.29, 1.82) is 0 Å². The molecule has 6 nitrogen and oxygen atoms in total. The van der Waals surface area contributed by atoms with E-state index in [1.807, 2.05) is 54.1 Å². The van der Waals surface area contributed by atoms with Gasteiger partial charge in [-0.1, -0.05) is 78.0 Å². The molecular formula is C25H21ClN4O2S. The molecule has 1 amide bonds. The largest absolute Gasteiger partial charge is 0.325 e. The zero-order valence-corrected chi connectivity index (χ0v) is 19.4. The summed E-state index contributed by atoms with van der Waals surface area (Å²) in [5.74, 6) is 0.868. The second-order valence-corrected chi connectivity index (χ2v) is 8.70. The van der Waals surface area contributed by atoms with Crippen LogP contribution in [0.15, 0.2) is 84.0 Å². The monoisotopic (exact) mass is 476 g/mol. The normalized spacial score (nSPS) is 10.7. The average Bonchev–Trinajstić information content (AvgIpc) is 3.20. The van der Waals surface area contributed by atoms with E-state index in [0.717, 1.165) is 5.56 Å². The van der Waals surface area contributed by atoms with Crippen molar-refractivity contribution in [3.05, 3.63) is 95.0 Å². The Labute approximate surface area is 201 Å². The minimum atomic E-state index is -0.177. The number of hydrogen-bond donors (Lipinski definition) is 1. The number of benzene rings is 3. The van der Waals surface area contributed by atoms with Crippen LogP contribution in [-0.4, -0.2) is 32.2 Å². The second kappa shape index (κ2) is 10.5. The van der Waals surface area contributed by atoms with E-state index in [1.165, 1.54) is 11.8 Å². The molecule has 33 heavy (non-hydrogen) atoms. The summed E-state index contributed by atoms with van der Waals surface area (Å²) in [6.45, 7) is 0. The van der Waals surface area contributed by atoms with Gasteiger partial charge in [0.05, 0.1) is 10.7 Å². The van der Waals surface area contributed by atoms with Gasteiger partial charge in [0.25, 0.3) is 0 Å². The molecular weight excluding hydrogens is 456 g/mol. The fraction of sp³-hybridized carbons (Fsp3) is 0.120. The van der Waals surface area contributed by atoms with Crippen LogP contribution in [0.4, 0.5) is 5.69 Å². The molecule has 0 spiro atoms. The van der Waals surface area contributed by atoms with Gasteiger partial charge in [-0.05, 0) is 24.3 Å². The minimum Gasteiger partial charge on any atom is -0.325 e. The van der Waals surface area contributed by atoms with Crippen LogP contribution in [0.3, 0.4) is 0 Å². The number of rotatable bonds is 8. The summed E-state index contributed by atoms with van der Waals surface area (Å²) in [4.78, 5) is 25.4. The van der Waals surface area contributed by atoms with Crippen molar-refractivity contribution in [2.24, 2.45) is 7.05 Å². The van der Waals surface area contributed by atoms with Gasteiger partial charge in [0, 0.05) is 35.9 Å². The first-order valence-corrected chi connectivity index (χ1v) is 11.7. The third kappa shape index (κ3) is 5.32. The number of anilines is 1. The highest BCUT2D eigenvalue weighted by molar-refractivity contribution is 7.99. The lowest BCUT2D eigenvalue weighted by Crippen LogP contribution is -2.15. The summed E-state index contributed by atoms with van der Waals surface area (Å²) in [5.41, 5.74) is 2.34. The number of carbonyl (C=O) groups excluding carboxylic acids is 2. The van der Waals surface area contributed by atoms with Gasteiger partial charge in [0.1, 0.15) is 0 Å². The highest BCUT2D eigenvalue weighted by Crippen LogP contribution is 2.28. The molecule has 0 saturated carbocycles. The van der Waals surface area contributed by atoms with Crippen LogP contribution >= 0.6 is 23.4 Å². The van der Waals surface area contributed by atoms with Crippen molar-refractivity contribution in [2.75, 3.05) is 11.1 Å². The third-order valence-electron chi connectivity index (χ3n) is 4.99. The summed E-state index contributed by atoms with van der Waals surface area (Å²) in [7, 11) is 1.87. The minimum absolute atomic E-state index is 0.132. The number of aromatic nitrogens is 3. The molecule has 1 heterocycles. The molecule has 4 aromatic rings. The summed E-state index contributed by atoms with van der Waals surface area (Å²) >= 11 is 7.71. The molecule has 0 atom stereocenters. The topological polar surface area (TPSA) is 76.9 Å². The van der Waals surface area contributed by atoms with Gasteiger partial charge in [-0.3, -0.25) is 9.59 Å². The molecule has 166 valence electrons. The first-order valence-electron chi connectivity index (χ1n) is 10.3. The number of nitrogens with zero attached hydrogens (tertiary/aromatic N) is 3. The van der Waals surface area contributed by atoms with Gasteiger partial charge < -0.3 is 9.88 Å². The van der Waals surface area contributed by atoms with Crippen molar-refractivity contribution in [2.45, 2.75) is 11.6 Å². The molecule has 0 fully saturated rings. The Hall–Kier alpha value is -3.42. The molecule has 0 radical (unpaired) electrons. The Balaban J connectivity index is 1.38.